The van der Waals surface area contributed by atoms with Crippen molar-refractivity contribution in [3.8, 4) is 5.75 Å². The molecule has 0 radical (unpaired) electrons. The lowest BCUT2D eigenvalue weighted by Crippen LogP contribution is -2.38. The van der Waals surface area contributed by atoms with Gasteiger partial charge in [0.2, 0.25) is 0 Å². The van der Waals surface area contributed by atoms with Gasteiger partial charge in [-0.3, -0.25) is 0 Å². The number of hydrogen-bond donors (Lipinski definition) is 3. The Morgan fingerprint density at radius 2 is 1.88 bits per heavy atom. The fourth-order valence-corrected chi connectivity index (χ4v) is 1.31. The highest BCUT2D eigenvalue weighted by atomic mass is 19.4. The number of aromatic hydroxyl groups is 1. The molecule has 1 aromatic carbocycles. The van der Waals surface area contributed by atoms with E-state index in [0.29, 0.717) is 5.56 Å². The third kappa shape index (κ3) is 2.65. The number of aliphatic hydroxyl groups excluding tert-OH is 1. The van der Waals surface area contributed by atoms with Gasteiger partial charge in [0.1, 0.15) is 5.75 Å². The second kappa shape index (κ2) is 4.31. The molecule has 0 spiro atoms. The Hall–Kier alpha value is -1.27. The Morgan fingerprint density at radius 3 is 2.38 bits per heavy atom. The van der Waals surface area contributed by atoms with Gasteiger partial charge in [0.15, 0.2) is 6.10 Å². The second-order valence-corrected chi connectivity index (χ2v) is 3.57. The van der Waals surface area contributed by atoms with Crippen LogP contribution in [0.15, 0.2) is 18.2 Å². The van der Waals surface area contributed by atoms with Gasteiger partial charge in [0.05, 0.1) is 6.04 Å². The summed E-state index contributed by atoms with van der Waals surface area (Å²) in [5.41, 5.74) is 5.79. The second-order valence-electron chi connectivity index (χ2n) is 3.57. The number of aliphatic hydroxyl groups is 1. The number of alkyl halides is 3. The monoisotopic (exact) mass is 235 g/mol. The zero-order valence-electron chi connectivity index (χ0n) is 8.49. The van der Waals surface area contributed by atoms with Crippen LogP contribution in [0.5, 0.6) is 5.75 Å². The van der Waals surface area contributed by atoms with Crippen molar-refractivity contribution in [1.82, 2.24) is 0 Å². The van der Waals surface area contributed by atoms with E-state index in [4.69, 9.17) is 10.8 Å². The minimum Gasteiger partial charge on any atom is -0.508 e. The molecule has 0 aliphatic heterocycles. The molecule has 16 heavy (non-hydrogen) atoms. The smallest absolute Gasteiger partial charge is 0.416 e. The average molecular weight is 235 g/mol. The van der Waals surface area contributed by atoms with Gasteiger partial charge >= 0.3 is 6.18 Å². The van der Waals surface area contributed by atoms with Gasteiger partial charge in [-0.05, 0) is 13.0 Å². The van der Waals surface area contributed by atoms with Crippen molar-refractivity contribution in [3.63, 3.8) is 0 Å². The molecule has 0 saturated carbocycles. The summed E-state index contributed by atoms with van der Waals surface area (Å²) in [7, 11) is 0. The number of aryl methyl sites for hydroxylation is 1. The summed E-state index contributed by atoms with van der Waals surface area (Å²) in [6.45, 7) is 1.65. The van der Waals surface area contributed by atoms with Crippen molar-refractivity contribution in [2.45, 2.75) is 25.2 Å². The van der Waals surface area contributed by atoms with E-state index in [1.807, 2.05) is 0 Å². The van der Waals surface area contributed by atoms with Gasteiger partial charge < -0.3 is 15.9 Å². The highest BCUT2D eigenvalue weighted by Crippen LogP contribution is 2.32. The maximum absolute atomic E-state index is 12.2. The first-order valence-corrected chi connectivity index (χ1v) is 4.53. The molecule has 0 aliphatic carbocycles. The molecule has 1 aromatic rings. The molecule has 1 rings (SSSR count). The minimum atomic E-state index is -4.81. The molecule has 0 aliphatic rings. The van der Waals surface area contributed by atoms with Crippen LogP contribution in [0.1, 0.15) is 17.2 Å². The topological polar surface area (TPSA) is 66.5 Å². The molecule has 0 unspecified atom stereocenters. The first kappa shape index (κ1) is 12.8. The molecule has 2 atom stereocenters. The summed E-state index contributed by atoms with van der Waals surface area (Å²) in [5, 5.41) is 18.3. The van der Waals surface area contributed by atoms with Crippen molar-refractivity contribution in [2.24, 2.45) is 5.73 Å². The summed E-state index contributed by atoms with van der Waals surface area (Å²) in [4.78, 5) is 0. The van der Waals surface area contributed by atoms with Gasteiger partial charge in [-0.1, -0.05) is 17.7 Å². The molecule has 4 N–H and O–H groups in total. The lowest BCUT2D eigenvalue weighted by molar-refractivity contribution is -0.210. The zero-order valence-corrected chi connectivity index (χ0v) is 8.49. The molecule has 0 saturated heterocycles. The average Bonchev–Trinajstić information content (AvgIpc) is 2.18. The molecule has 6 heteroatoms. The lowest BCUT2D eigenvalue weighted by atomic mass is 9.99. The SMILES string of the molecule is Cc1ccc(O)c([C@@H](N)[C@@H](O)C(F)(F)F)c1. The van der Waals surface area contributed by atoms with Crippen LogP contribution in [0.3, 0.4) is 0 Å². The maximum atomic E-state index is 12.2. The normalized spacial score (nSPS) is 15.9. The van der Waals surface area contributed by atoms with Gasteiger partial charge in [-0.2, -0.15) is 13.2 Å². The molecule has 0 amide bonds. The third-order valence-corrected chi connectivity index (χ3v) is 2.22. The molecule has 0 aromatic heterocycles. The predicted molar refractivity (Wildman–Crippen MR) is 51.8 cm³/mol. The van der Waals surface area contributed by atoms with E-state index < -0.39 is 18.3 Å². The van der Waals surface area contributed by atoms with Crippen molar-refractivity contribution >= 4 is 0 Å². The number of rotatable bonds is 2. The number of nitrogens with two attached hydrogens (primary N) is 1. The summed E-state index contributed by atoms with van der Waals surface area (Å²) in [6.07, 6.45) is -7.50. The lowest BCUT2D eigenvalue weighted by Gasteiger charge is -2.22. The highest BCUT2D eigenvalue weighted by molar-refractivity contribution is 5.38. The molecule has 90 valence electrons. The fourth-order valence-electron chi connectivity index (χ4n) is 1.31. The van der Waals surface area contributed by atoms with Gasteiger partial charge in [-0.25, -0.2) is 0 Å². The van der Waals surface area contributed by atoms with Crippen LogP contribution in [-0.2, 0) is 0 Å². The van der Waals surface area contributed by atoms with Gasteiger partial charge in [0.25, 0.3) is 0 Å². The molecular weight excluding hydrogens is 223 g/mol. The maximum Gasteiger partial charge on any atom is 0.416 e. The van der Waals surface area contributed by atoms with Crippen LogP contribution >= 0.6 is 0 Å². The molecule has 3 nitrogen and oxygen atoms in total. The van der Waals surface area contributed by atoms with E-state index in [1.165, 1.54) is 18.2 Å². The van der Waals surface area contributed by atoms with Crippen LogP contribution in [0.4, 0.5) is 13.2 Å². The van der Waals surface area contributed by atoms with Crippen LogP contribution in [-0.4, -0.2) is 22.5 Å². The van der Waals surface area contributed by atoms with E-state index in [2.05, 4.69) is 0 Å². The summed E-state index contributed by atoms with van der Waals surface area (Å²) < 4.78 is 36.6. The number of phenols is 1. The number of hydrogen-bond acceptors (Lipinski definition) is 3. The number of benzene rings is 1. The fraction of sp³-hybridized carbons (Fsp3) is 0.400. The molecule has 0 bridgehead atoms. The largest absolute Gasteiger partial charge is 0.508 e. The summed E-state index contributed by atoms with van der Waals surface area (Å²) in [6, 6.07) is 2.40. The van der Waals surface area contributed by atoms with Crippen molar-refractivity contribution in [2.75, 3.05) is 0 Å². The number of phenolic OH excluding ortho intramolecular Hbond substituents is 1. The Bertz CT molecular complexity index is 379. The van der Waals surface area contributed by atoms with Crippen molar-refractivity contribution < 1.29 is 23.4 Å². The van der Waals surface area contributed by atoms with E-state index >= 15 is 0 Å². The number of halogens is 3. The zero-order chi connectivity index (χ0) is 12.5. The van der Waals surface area contributed by atoms with Crippen LogP contribution < -0.4 is 5.73 Å². The van der Waals surface area contributed by atoms with Gasteiger partial charge in [-0.15, -0.1) is 0 Å². The standard InChI is InChI=1S/C10H12F3NO2/c1-5-2-3-7(15)6(4-5)8(14)9(16)10(11,12)13/h2-4,8-9,15-16H,14H2,1H3/t8-,9-/m1/s1. The van der Waals surface area contributed by atoms with E-state index in [-0.39, 0.29) is 11.3 Å². The molecular formula is C10H12F3NO2. The summed E-state index contributed by atoms with van der Waals surface area (Å²) in [5.74, 6) is -0.360. The van der Waals surface area contributed by atoms with E-state index in [0.717, 1.165) is 0 Å². The Morgan fingerprint density at radius 1 is 1.31 bits per heavy atom. The first-order valence-electron chi connectivity index (χ1n) is 4.53. The predicted octanol–water partition coefficient (Wildman–Crippen LogP) is 1.62. The quantitative estimate of drug-likeness (QED) is 0.729. The van der Waals surface area contributed by atoms with Crippen LogP contribution in [0.2, 0.25) is 0 Å². The van der Waals surface area contributed by atoms with E-state index in [1.54, 1.807) is 6.92 Å². The third-order valence-electron chi connectivity index (χ3n) is 2.22. The molecule has 0 fully saturated rings. The Balaban J connectivity index is 3.05. The van der Waals surface area contributed by atoms with E-state index in [9.17, 15) is 18.3 Å². The molecule has 0 heterocycles. The minimum absolute atomic E-state index is 0.121. The highest BCUT2D eigenvalue weighted by Gasteiger charge is 2.43. The van der Waals surface area contributed by atoms with Crippen LogP contribution in [0, 0.1) is 6.92 Å². The Kier molecular flexibility index (Phi) is 3.44. The van der Waals surface area contributed by atoms with Crippen molar-refractivity contribution in [3.05, 3.63) is 29.3 Å². The Labute approximate surface area is 90.3 Å². The summed E-state index contributed by atoms with van der Waals surface area (Å²) >= 11 is 0. The first-order chi connectivity index (χ1) is 7.23. The van der Waals surface area contributed by atoms with Gasteiger partial charge in [0, 0.05) is 5.56 Å². The van der Waals surface area contributed by atoms with Crippen molar-refractivity contribution in [1.29, 1.82) is 0 Å². The van der Waals surface area contributed by atoms with Crippen LogP contribution in [0.25, 0.3) is 0 Å².